The molecule has 0 bridgehead atoms. The molecule has 1 N–H and O–H groups in total. The Morgan fingerprint density at radius 2 is 1.96 bits per heavy atom. The minimum Gasteiger partial charge on any atom is -0.250 e. The van der Waals surface area contributed by atoms with E-state index in [0.717, 1.165) is 22.2 Å². The van der Waals surface area contributed by atoms with Crippen molar-refractivity contribution in [1.29, 1.82) is 0 Å². The molecule has 0 aliphatic rings. The van der Waals surface area contributed by atoms with Crippen molar-refractivity contribution >= 4 is 29.5 Å². The van der Waals surface area contributed by atoms with Gasteiger partial charge in [-0.3, -0.25) is 5.10 Å². The van der Waals surface area contributed by atoms with Crippen LogP contribution in [-0.2, 0) is 6.54 Å². The molecule has 0 atom stereocenters. The number of aryl methyl sites for hydroxylation is 1. The quantitative estimate of drug-likeness (QED) is 0.454. The number of nitrogens with zero attached hydrogens (tertiary/aromatic N) is 6. The van der Waals surface area contributed by atoms with Crippen molar-refractivity contribution < 1.29 is 0 Å². The zero-order chi connectivity index (χ0) is 17.2. The van der Waals surface area contributed by atoms with Gasteiger partial charge in [0.2, 0.25) is 4.77 Å². The number of hydrogen-bond donors (Lipinski definition) is 1. The Morgan fingerprint density at radius 1 is 1.16 bits per heavy atom. The van der Waals surface area contributed by atoms with Crippen LogP contribution in [0.3, 0.4) is 0 Å². The maximum atomic E-state index is 5.30. The number of rotatable bonds is 4. The predicted molar refractivity (Wildman–Crippen MR) is 98.2 cm³/mol. The lowest BCUT2D eigenvalue weighted by Gasteiger charge is -2.03. The minimum absolute atomic E-state index is 0.415. The molecule has 4 aromatic rings. The average Bonchev–Trinajstić information content (AvgIpc) is 3.19. The molecule has 0 aliphatic heterocycles. The van der Waals surface area contributed by atoms with E-state index in [2.05, 4.69) is 25.6 Å². The minimum atomic E-state index is 0.415. The second kappa shape index (κ2) is 6.40. The molecule has 0 aliphatic carbocycles. The molecular weight excluding hydrogens is 334 g/mol. The maximum absolute atomic E-state index is 5.30. The van der Waals surface area contributed by atoms with Crippen LogP contribution < -0.4 is 0 Å². The third-order valence-corrected chi connectivity index (χ3v) is 4.19. The van der Waals surface area contributed by atoms with Gasteiger partial charge in [0.05, 0.1) is 11.7 Å². The summed E-state index contributed by atoms with van der Waals surface area (Å²) in [7, 11) is 0. The summed E-state index contributed by atoms with van der Waals surface area (Å²) in [6.45, 7) is 2.46. The number of benzene rings is 2. The third kappa shape index (κ3) is 2.99. The van der Waals surface area contributed by atoms with Gasteiger partial charge in [0.15, 0.2) is 5.82 Å². The van der Waals surface area contributed by atoms with E-state index in [1.54, 1.807) is 15.6 Å². The van der Waals surface area contributed by atoms with E-state index in [1.165, 1.54) is 0 Å². The van der Waals surface area contributed by atoms with Crippen LogP contribution in [0, 0.1) is 11.7 Å². The fraction of sp³-hybridized carbons (Fsp3) is 0.118. The molecule has 0 spiro atoms. The summed E-state index contributed by atoms with van der Waals surface area (Å²) in [6.07, 6.45) is 1.78. The van der Waals surface area contributed by atoms with E-state index in [1.807, 2.05) is 55.5 Å². The van der Waals surface area contributed by atoms with Crippen LogP contribution in [0.2, 0.25) is 0 Å². The van der Waals surface area contributed by atoms with Gasteiger partial charge in [-0.2, -0.15) is 14.9 Å². The van der Waals surface area contributed by atoms with Crippen molar-refractivity contribution in [3.8, 4) is 0 Å². The van der Waals surface area contributed by atoms with Crippen LogP contribution in [0.1, 0.15) is 17.0 Å². The second-order valence-electron chi connectivity index (χ2n) is 5.59. The van der Waals surface area contributed by atoms with Crippen molar-refractivity contribution in [3.63, 3.8) is 0 Å². The average molecular weight is 349 g/mol. The Morgan fingerprint density at radius 3 is 2.84 bits per heavy atom. The van der Waals surface area contributed by atoms with Crippen LogP contribution in [0.5, 0.6) is 0 Å². The van der Waals surface area contributed by atoms with Gasteiger partial charge >= 0.3 is 0 Å². The molecule has 0 saturated carbocycles. The fourth-order valence-electron chi connectivity index (χ4n) is 2.57. The molecule has 2 aromatic heterocycles. The van der Waals surface area contributed by atoms with E-state index >= 15 is 0 Å². The normalized spacial score (nSPS) is 11.6. The van der Waals surface area contributed by atoms with Crippen molar-refractivity contribution in [3.05, 3.63) is 70.3 Å². The van der Waals surface area contributed by atoms with E-state index < -0.39 is 0 Å². The van der Waals surface area contributed by atoms with Crippen LogP contribution in [-0.4, -0.2) is 36.1 Å². The summed E-state index contributed by atoms with van der Waals surface area (Å²) in [6, 6.07) is 15.8. The zero-order valence-electron chi connectivity index (χ0n) is 13.5. The first-order chi connectivity index (χ1) is 12.2. The monoisotopic (exact) mass is 349 g/mol. The van der Waals surface area contributed by atoms with Crippen LogP contribution in [0.4, 0.5) is 0 Å². The molecular formula is C17H15N7S. The Hall–Kier alpha value is -3.13. The third-order valence-electron chi connectivity index (χ3n) is 3.93. The van der Waals surface area contributed by atoms with Gasteiger partial charge < -0.3 is 0 Å². The lowest BCUT2D eigenvalue weighted by atomic mass is 10.1. The number of aromatic nitrogens is 6. The van der Waals surface area contributed by atoms with Crippen molar-refractivity contribution in [2.75, 3.05) is 0 Å². The molecule has 2 heterocycles. The van der Waals surface area contributed by atoms with Crippen LogP contribution >= 0.6 is 12.2 Å². The zero-order valence-corrected chi connectivity index (χ0v) is 14.3. The molecule has 2 aromatic carbocycles. The van der Waals surface area contributed by atoms with Crippen molar-refractivity contribution in [1.82, 2.24) is 29.9 Å². The van der Waals surface area contributed by atoms with E-state index in [9.17, 15) is 0 Å². The van der Waals surface area contributed by atoms with Gasteiger partial charge in [0, 0.05) is 0 Å². The highest BCUT2D eigenvalue weighted by Crippen LogP contribution is 2.12. The molecule has 0 radical (unpaired) electrons. The molecule has 0 amide bonds. The van der Waals surface area contributed by atoms with Gasteiger partial charge in [0.1, 0.15) is 12.1 Å². The van der Waals surface area contributed by atoms with Gasteiger partial charge in [-0.15, -0.1) is 5.10 Å². The largest absolute Gasteiger partial charge is 0.250 e. The van der Waals surface area contributed by atoms with E-state index in [-0.39, 0.29) is 0 Å². The molecule has 4 rings (SSSR count). The second-order valence-corrected chi connectivity index (χ2v) is 5.98. The van der Waals surface area contributed by atoms with E-state index in [0.29, 0.717) is 17.1 Å². The fourth-order valence-corrected chi connectivity index (χ4v) is 2.76. The lowest BCUT2D eigenvalue weighted by Crippen LogP contribution is -2.08. The Kier molecular flexibility index (Phi) is 3.95. The van der Waals surface area contributed by atoms with Crippen LogP contribution in [0.15, 0.2) is 53.6 Å². The van der Waals surface area contributed by atoms with Crippen LogP contribution in [0.25, 0.3) is 11.0 Å². The summed E-state index contributed by atoms with van der Waals surface area (Å²) in [4.78, 5) is 0. The first kappa shape index (κ1) is 15.4. The maximum Gasteiger partial charge on any atom is 0.216 e. The molecule has 124 valence electrons. The first-order valence-electron chi connectivity index (χ1n) is 7.77. The van der Waals surface area contributed by atoms with Crippen molar-refractivity contribution in [2.45, 2.75) is 13.5 Å². The summed E-state index contributed by atoms with van der Waals surface area (Å²) in [5.74, 6) is 0.658. The Bertz CT molecular complexity index is 1120. The van der Waals surface area contributed by atoms with Gasteiger partial charge in [-0.05, 0) is 42.4 Å². The molecule has 7 nitrogen and oxygen atoms in total. The Balaban J connectivity index is 1.68. The SMILES string of the molecule is Cc1ccccc1/C=N\n1c(Cn2nnc3ccccc32)n[nH]c1=S. The summed E-state index contributed by atoms with van der Waals surface area (Å²) >= 11 is 5.30. The highest BCUT2D eigenvalue weighted by Gasteiger charge is 2.10. The standard InChI is InChI=1S/C17H15N7S/c1-12-6-2-3-7-13(12)10-18-24-16(20-21-17(24)25)11-23-15-9-5-4-8-14(15)19-22-23/h2-10H,11H2,1H3,(H,21,25)/b18-10-. The van der Waals surface area contributed by atoms with Gasteiger partial charge in [-0.25, -0.2) is 4.68 Å². The predicted octanol–water partition coefficient (Wildman–Crippen LogP) is 2.92. The summed E-state index contributed by atoms with van der Waals surface area (Å²) in [5.41, 5.74) is 3.95. The highest BCUT2D eigenvalue weighted by atomic mass is 32.1. The Labute approximate surface area is 148 Å². The number of aromatic amines is 1. The molecule has 0 fully saturated rings. The van der Waals surface area contributed by atoms with Gasteiger partial charge in [0.25, 0.3) is 0 Å². The van der Waals surface area contributed by atoms with Crippen molar-refractivity contribution in [2.24, 2.45) is 5.10 Å². The number of H-pyrrole nitrogens is 1. The molecule has 0 unspecified atom stereocenters. The molecule has 0 saturated heterocycles. The molecule has 8 heteroatoms. The number of fused-ring (bicyclic) bond motifs is 1. The highest BCUT2D eigenvalue weighted by molar-refractivity contribution is 7.71. The number of hydrogen-bond acceptors (Lipinski definition) is 5. The first-order valence-corrected chi connectivity index (χ1v) is 8.18. The summed E-state index contributed by atoms with van der Waals surface area (Å²) < 4.78 is 3.82. The summed E-state index contributed by atoms with van der Waals surface area (Å²) in [5, 5.41) is 19.9. The smallest absolute Gasteiger partial charge is 0.216 e. The number of nitrogens with one attached hydrogen (secondary N) is 1. The molecule has 25 heavy (non-hydrogen) atoms. The number of para-hydroxylation sites is 1. The lowest BCUT2D eigenvalue weighted by molar-refractivity contribution is 0.617. The van der Waals surface area contributed by atoms with Gasteiger partial charge in [-0.1, -0.05) is 41.6 Å². The van der Waals surface area contributed by atoms with E-state index in [4.69, 9.17) is 12.2 Å². The topological polar surface area (TPSA) is 76.7 Å².